The summed E-state index contributed by atoms with van der Waals surface area (Å²) in [6, 6.07) is 11.7. The lowest BCUT2D eigenvalue weighted by molar-refractivity contribution is 0.202. The Balaban J connectivity index is 2.25. The van der Waals surface area contributed by atoms with Gasteiger partial charge in [-0.25, -0.2) is 15.0 Å². The Kier molecular flexibility index (Phi) is 6.83. The topological polar surface area (TPSA) is 47.9 Å². The van der Waals surface area contributed by atoms with E-state index in [1.807, 2.05) is 36.4 Å². The number of halogens is 6. The van der Waals surface area contributed by atoms with E-state index < -0.39 is 7.59 Å². The van der Waals surface area contributed by atoms with Crippen molar-refractivity contribution in [3.8, 4) is 11.4 Å². The summed E-state index contributed by atoms with van der Waals surface area (Å²) in [5.41, 5.74) is 1.82. The van der Waals surface area contributed by atoms with Crippen LogP contribution in [-0.2, 0) is 18.7 Å². The molecule has 0 saturated carbocycles. The first kappa shape index (κ1) is 22.1. The summed E-state index contributed by atoms with van der Waals surface area (Å²) in [5.74, 6) is -0.0140. The number of hydrogen-bond acceptors (Lipinski definition) is 4. The molecule has 28 heavy (non-hydrogen) atoms. The minimum atomic E-state index is -1.91. The van der Waals surface area contributed by atoms with E-state index >= 15 is 0 Å². The van der Waals surface area contributed by atoms with Gasteiger partial charge in [-0.15, -0.1) is 0 Å². The largest absolute Gasteiger partial charge is 0.384 e. The number of nitrogens with zero attached hydrogens (tertiary/aromatic N) is 3. The highest BCUT2D eigenvalue weighted by molar-refractivity contribution is 6.67. The first-order valence-corrected chi connectivity index (χ1v) is 10.3. The smallest absolute Gasteiger partial charge is 0.250 e. The van der Waals surface area contributed by atoms with Crippen LogP contribution < -0.4 is 0 Å². The molecule has 0 atom stereocenters. The molecule has 4 nitrogen and oxygen atoms in total. The van der Waals surface area contributed by atoms with Crippen LogP contribution in [-0.4, -0.2) is 28.7 Å². The van der Waals surface area contributed by atoms with Crippen LogP contribution >= 0.6 is 69.6 Å². The molecule has 0 aliphatic rings. The first-order chi connectivity index (χ1) is 13.1. The molecule has 3 aromatic rings. The van der Waals surface area contributed by atoms with Gasteiger partial charge in [0, 0.05) is 12.7 Å². The summed E-state index contributed by atoms with van der Waals surface area (Å²) < 4.78 is 1.38. The van der Waals surface area contributed by atoms with E-state index in [1.165, 1.54) is 0 Å². The molecule has 0 radical (unpaired) electrons. The molecule has 3 rings (SSSR count). The van der Waals surface area contributed by atoms with Crippen molar-refractivity contribution in [2.24, 2.45) is 0 Å². The Hall–Kier alpha value is -0.590. The van der Waals surface area contributed by atoms with E-state index in [4.69, 9.17) is 74.3 Å². The van der Waals surface area contributed by atoms with Crippen molar-refractivity contribution in [3.05, 3.63) is 53.6 Å². The number of methoxy groups -OCH3 is 1. The summed E-state index contributed by atoms with van der Waals surface area (Å²) in [6.45, 7) is 0.601. The maximum atomic E-state index is 5.98. The minimum absolute atomic E-state index is 0.128. The molecule has 1 aromatic heterocycles. The van der Waals surface area contributed by atoms with Crippen molar-refractivity contribution in [2.45, 2.75) is 14.0 Å². The Morgan fingerprint density at radius 3 is 1.89 bits per heavy atom. The molecule has 0 N–H and O–H groups in total. The van der Waals surface area contributed by atoms with Gasteiger partial charge in [0.2, 0.25) is 7.59 Å². The number of ether oxygens (including phenoxy) is 1. The standard InChI is InChI=1S/C18H13Cl6N3O/c1-28-9-8-10-6-7-13(12-5-3-2-4-11(10)12)14-25-15(17(19,20)21)27-16(26-14)18(22,23)24/h2-7H,8-9H2,1H3. The van der Waals surface area contributed by atoms with Crippen LogP contribution in [0.1, 0.15) is 17.2 Å². The SMILES string of the molecule is COCCc1ccc(-c2nc(C(Cl)(Cl)Cl)nc(C(Cl)(Cl)Cl)n2)c2ccccc12. The van der Waals surface area contributed by atoms with Crippen LogP contribution in [0.4, 0.5) is 0 Å². The summed E-state index contributed by atoms with van der Waals surface area (Å²) in [4.78, 5) is 12.6. The molecule has 0 unspecified atom stereocenters. The Labute approximate surface area is 192 Å². The van der Waals surface area contributed by atoms with Crippen molar-refractivity contribution in [3.63, 3.8) is 0 Å². The van der Waals surface area contributed by atoms with Gasteiger partial charge in [0.15, 0.2) is 17.5 Å². The van der Waals surface area contributed by atoms with Gasteiger partial charge >= 0.3 is 0 Å². The van der Waals surface area contributed by atoms with Crippen LogP contribution in [0, 0.1) is 0 Å². The van der Waals surface area contributed by atoms with Gasteiger partial charge in [0.1, 0.15) is 0 Å². The van der Waals surface area contributed by atoms with Gasteiger partial charge in [0.25, 0.3) is 0 Å². The van der Waals surface area contributed by atoms with Crippen LogP contribution in [0.15, 0.2) is 36.4 Å². The van der Waals surface area contributed by atoms with Gasteiger partial charge in [-0.3, -0.25) is 0 Å². The summed E-state index contributed by atoms with van der Waals surface area (Å²) >= 11 is 35.9. The number of alkyl halides is 6. The molecule has 0 amide bonds. The van der Waals surface area contributed by atoms with E-state index in [-0.39, 0.29) is 17.5 Å². The second-order valence-corrected chi connectivity index (χ2v) is 10.4. The lowest BCUT2D eigenvalue weighted by Crippen LogP contribution is -2.16. The molecule has 0 fully saturated rings. The van der Waals surface area contributed by atoms with Crippen LogP contribution in [0.25, 0.3) is 22.2 Å². The third kappa shape index (κ3) is 4.93. The normalized spacial score (nSPS) is 12.5. The minimum Gasteiger partial charge on any atom is -0.384 e. The maximum absolute atomic E-state index is 5.98. The van der Waals surface area contributed by atoms with E-state index in [9.17, 15) is 0 Å². The fourth-order valence-corrected chi connectivity index (χ4v) is 3.24. The number of fused-ring (bicyclic) bond motifs is 1. The molecule has 0 aliphatic carbocycles. The van der Waals surface area contributed by atoms with Crippen molar-refractivity contribution in [1.82, 2.24) is 15.0 Å². The zero-order chi connectivity index (χ0) is 20.5. The molecule has 10 heteroatoms. The van der Waals surface area contributed by atoms with E-state index in [0.29, 0.717) is 12.2 Å². The maximum Gasteiger partial charge on any atom is 0.250 e. The third-order valence-electron chi connectivity index (χ3n) is 3.97. The zero-order valence-electron chi connectivity index (χ0n) is 14.4. The number of aromatic nitrogens is 3. The average molecular weight is 500 g/mol. The number of rotatable bonds is 4. The van der Waals surface area contributed by atoms with Gasteiger partial charge in [-0.2, -0.15) is 0 Å². The van der Waals surface area contributed by atoms with E-state index in [1.54, 1.807) is 7.11 Å². The van der Waals surface area contributed by atoms with Gasteiger partial charge in [0.05, 0.1) is 6.61 Å². The zero-order valence-corrected chi connectivity index (χ0v) is 18.9. The predicted octanol–water partition coefficient (Wildman–Crippen LogP) is 6.53. The lowest BCUT2D eigenvalue weighted by Gasteiger charge is -2.17. The molecular formula is C18H13Cl6N3O. The van der Waals surface area contributed by atoms with Crippen molar-refractivity contribution in [1.29, 1.82) is 0 Å². The second-order valence-electron chi connectivity index (χ2n) is 5.86. The first-order valence-electron chi connectivity index (χ1n) is 8.01. The van der Waals surface area contributed by atoms with Gasteiger partial charge < -0.3 is 4.74 Å². The second kappa shape index (κ2) is 8.65. The van der Waals surface area contributed by atoms with Gasteiger partial charge in [-0.1, -0.05) is 106 Å². The molecule has 0 aliphatic heterocycles. The highest BCUT2D eigenvalue weighted by Crippen LogP contribution is 2.41. The van der Waals surface area contributed by atoms with Crippen LogP contribution in [0.5, 0.6) is 0 Å². The van der Waals surface area contributed by atoms with Crippen LogP contribution in [0.3, 0.4) is 0 Å². The van der Waals surface area contributed by atoms with E-state index in [0.717, 1.165) is 22.8 Å². The Bertz CT molecular complexity index is 969. The number of hydrogen-bond donors (Lipinski definition) is 0. The quantitative estimate of drug-likeness (QED) is 0.383. The van der Waals surface area contributed by atoms with Crippen molar-refractivity contribution < 1.29 is 4.74 Å². The molecule has 2 aromatic carbocycles. The lowest BCUT2D eigenvalue weighted by atomic mass is 9.97. The van der Waals surface area contributed by atoms with Crippen LogP contribution in [0.2, 0.25) is 0 Å². The molecular weight excluding hydrogens is 487 g/mol. The third-order valence-corrected chi connectivity index (χ3v) is 4.99. The summed E-state index contributed by atoms with van der Waals surface area (Å²) in [6.07, 6.45) is 0.757. The molecule has 0 spiro atoms. The van der Waals surface area contributed by atoms with Crippen molar-refractivity contribution >= 4 is 80.4 Å². The predicted molar refractivity (Wildman–Crippen MR) is 117 cm³/mol. The highest BCUT2D eigenvalue weighted by atomic mass is 35.6. The monoisotopic (exact) mass is 497 g/mol. The molecule has 148 valence electrons. The number of benzene rings is 2. The summed E-state index contributed by atoms with van der Waals surface area (Å²) in [7, 11) is 1.66. The average Bonchev–Trinajstić information content (AvgIpc) is 2.64. The van der Waals surface area contributed by atoms with E-state index in [2.05, 4.69) is 15.0 Å². The highest BCUT2D eigenvalue weighted by Gasteiger charge is 2.34. The molecule has 0 bridgehead atoms. The Morgan fingerprint density at radius 1 is 0.786 bits per heavy atom. The van der Waals surface area contributed by atoms with Crippen molar-refractivity contribution in [2.75, 3.05) is 13.7 Å². The van der Waals surface area contributed by atoms with Gasteiger partial charge in [-0.05, 0) is 22.8 Å². The Morgan fingerprint density at radius 2 is 1.36 bits per heavy atom. The fraction of sp³-hybridized carbons (Fsp3) is 0.278. The molecule has 0 saturated heterocycles. The fourth-order valence-electron chi connectivity index (χ4n) is 2.74. The summed E-state index contributed by atoms with van der Waals surface area (Å²) in [5, 5.41) is 1.94. The molecule has 1 heterocycles.